The van der Waals surface area contributed by atoms with Crippen molar-refractivity contribution in [2.24, 2.45) is 5.92 Å². The summed E-state index contributed by atoms with van der Waals surface area (Å²) in [5.41, 5.74) is -4.14. The maximum atomic E-state index is 13.3. The van der Waals surface area contributed by atoms with E-state index in [2.05, 4.69) is 0 Å². The second-order valence-corrected chi connectivity index (χ2v) is 8.32. The Morgan fingerprint density at radius 1 is 1.22 bits per heavy atom. The van der Waals surface area contributed by atoms with E-state index in [0.717, 1.165) is 25.0 Å². The molecule has 2 aliphatic rings. The van der Waals surface area contributed by atoms with Gasteiger partial charge in [0.1, 0.15) is 5.82 Å². The molecular weight excluding hydrogens is 288 g/mol. The minimum atomic E-state index is -4.54. The van der Waals surface area contributed by atoms with E-state index < -0.39 is 20.6 Å². The zero-order valence-corrected chi connectivity index (χ0v) is 10.7. The third-order valence-corrected chi connectivity index (χ3v) is 7.46. The fraction of sp³-hybridized carbons (Fsp3) is 0.333. The number of hydrogen-bond donors (Lipinski definition) is 0. The van der Waals surface area contributed by atoms with Crippen LogP contribution in [0, 0.1) is 11.7 Å². The van der Waals surface area contributed by atoms with Crippen LogP contribution in [0.25, 0.3) is 6.08 Å². The minimum Gasteiger partial charge on any atom is -0.207 e. The molecule has 1 fully saturated rings. The van der Waals surface area contributed by atoms with Crippen molar-refractivity contribution in [1.29, 1.82) is 0 Å². The van der Waals surface area contributed by atoms with Crippen LogP contribution in [0.15, 0.2) is 28.0 Å². The molecule has 0 saturated heterocycles. The van der Waals surface area contributed by atoms with E-state index in [1.807, 2.05) is 0 Å². The average molecular weight is 297 g/mol. The van der Waals surface area contributed by atoms with Crippen molar-refractivity contribution in [3.05, 3.63) is 34.5 Å². The Balaban J connectivity index is 2.21. The molecule has 98 valence electrons. The van der Waals surface area contributed by atoms with Gasteiger partial charge in [0.25, 0.3) is 0 Å². The summed E-state index contributed by atoms with van der Waals surface area (Å²) < 4.78 is 53.2. The van der Waals surface area contributed by atoms with Crippen LogP contribution in [-0.4, -0.2) is 5.51 Å². The number of halogens is 5. The Morgan fingerprint density at radius 3 is 2.44 bits per heavy atom. The van der Waals surface area contributed by atoms with Crippen molar-refractivity contribution in [3.63, 3.8) is 0 Å². The Labute approximate surface area is 107 Å². The third-order valence-electron chi connectivity index (χ3n) is 3.20. The smallest absolute Gasteiger partial charge is 0.207 e. The first-order chi connectivity index (χ1) is 8.34. The lowest BCUT2D eigenvalue weighted by molar-refractivity contribution is -0.0360. The Bertz CT molecular complexity index is 547. The maximum absolute atomic E-state index is 13.3. The highest BCUT2D eigenvalue weighted by Gasteiger charge is 2.58. The van der Waals surface area contributed by atoms with Gasteiger partial charge in [0.2, 0.25) is 0 Å². The first-order valence-corrected chi connectivity index (χ1v) is 7.90. The van der Waals surface area contributed by atoms with Gasteiger partial charge >= 0.3 is 5.51 Å². The Hall–Kier alpha value is -0.680. The van der Waals surface area contributed by atoms with Crippen LogP contribution in [0.3, 0.4) is 0 Å². The van der Waals surface area contributed by atoms with E-state index in [0.29, 0.717) is 5.56 Å². The lowest BCUT2D eigenvalue weighted by atomic mass is 10.2. The van der Waals surface area contributed by atoms with Gasteiger partial charge in [-0.05, 0) is 67.4 Å². The molecule has 0 bridgehead atoms. The first-order valence-electron chi connectivity index (χ1n) is 5.44. The quantitative estimate of drug-likeness (QED) is 0.606. The van der Waals surface area contributed by atoms with Gasteiger partial charge in [-0.2, -0.15) is 13.2 Å². The fourth-order valence-electron chi connectivity index (χ4n) is 2.21. The average Bonchev–Trinajstić information content (AvgIpc) is 3.05. The predicted molar refractivity (Wildman–Crippen MR) is 64.9 cm³/mol. The van der Waals surface area contributed by atoms with Crippen molar-refractivity contribution < 1.29 is 17.6 Å². The summed E-state index contributed by atoms with van der Waals surface area (Å²) in [7, 11) is 2.39. The van der Waals surface area contributed by atoms with Crippen LogP contribution in [0.4, 0.5) is 17.6 Å². The predicted octanol–water partition coefficient (Wildman–Crippen LogP) is 5.43. The van der Waals surface area contributed by atoms with Crippen molar-refractivity contribution in [2.45, 2.75) is 23.2 Å². The van der Waals surface area contributed by atoms with Crippen LogP contribution in [0.5, 0.6) is 0 Å². The second-order valence-electron chi connectivity index (χ2n) is 4.49. The molecule has 18 heavy (non-hydrogen) atoms. The number of allylic oxidation sites excluding steroid dienone is 1. The Kier molecular flexibility index (Phi) is 2.52. The molecule has 1 aromatic rings. The molecule has 1 aromatic carbocycles. The molecular formula is C12H9ClF4S. The van der Waals surface area contributed by atoms with E-state index in [9.17, 15) is 17.6 Å². The first kappa shape index (κ1) is 12.4. The van der Waals surface area contributed by atoms with Crippen LogP contribution >= 0.6 is 19.9 Å². The summed E-state index contributed by atoms with van der Waals surface area (Å²) in [4.78, 5) is 0.149. The van der Waals surface area contributed by atoms with Gasteiger partial charge < -0.3 is 0 Å². The van der Waals surface area contributed by atoms with Crippen molar-refractivity contribution >= 4 is 26.0 Å². The summed E-state index contributed by atoms with van der Waals surface area (Å²) in [5.74, 6) is -0.768. The Morgan fingerprint density at radius 2 is 1.89 bits per heavy atom. The van der Waals surface area contributed by atoms with Crippen LogP contribution in [0.1, 0.15) is 18.4 Å². The lowest BCUT2D eigenvalue weighted by Crippen LogP contribution is -2.17. The summed E-state index contributed by atoms with van der Waals surface area (Å²) in [6.45, 7) is 0. The molecule has 0 N–H and O–H groups in total. The van der Waals surface area contributed by atoms with Crippen molar-refractivity contribution in [1.82, 2.24) is 0 Å². The molecule has 0 aromatic heterocycles. The van der Waals surface area contributed by atoms with Gasteiger partial charge in [0.15, 0.2) is 0 Å². The van der Waals surface area contributed by atoms with Gasteiger partial charge in [-0.1, -0.05) is 6.07 Å². The molecule has 0 nitrogen and oxygen atoms in total. The lowest BCUT2D eigenvalue weighted by Gasteiger charge is -2.34. The monoisotopic (exact) mass is 296 g/mol. The van der Waals surface area contributed by atoms with Gasteiger partial charge in [-0.25, -0.2) is 4.39 Å². The van der Waals surface area contributed by atoms with Crippen LogP contribution < -0.4 is 0 Å². The van der Waals surface area contributed by atoms with Gasteiger partial charge in [0, 0.05) is 4.90 Å². The normalized spacial score (nSPS) is 30.6. The van der Waals surface area contributed by atoms with Crippen LogP contribution in [0.2, 0.25) is 0 Å². The molecule has 0 spiro atoms. The zero-order chi connectivity index (χ0) is 13.1. The largest absolute Gasteiger partial charge is 0.445 e. The summed E-state index contributed by atoms with van der Waals surface area (Å²) >= 11 is 0. The van der Waals surface area contributed by atoms with E-state index in [1.54, 1.807) is 0 Å². The number of hydrogen-bond acceptors (Lipinski definition) is 0. The van der Waals surface area contributed by atoms with E-state index >= 15 is 0 Å². The van der Waals surface area contributed by atoms with E-state index in [-0.39, 0.29) is 15.7 Å². The molecule has 0 amide bonds. The topological polar surface area (TPSA) is 0 Å². The van der Waals surface area contributed by atoms with E-state index in [4.69, 9.17) is 10.7 Å². The summed E-state index contributed by atoms with van der Waals surface area (Å²) in [6, 6.07) is 3.46. The standard InChI is InChI=1S/C12H9ClF4S/c13-18(12(15,16)17)10(7-1-2-7)5-8-3-4-9(14)6-11(8)18/h3-7H,1-2H2. The molecule has 6 heteroatoms. The fourth-order valence-corrected chi connectivity index (χ4v) is 5.60. The van der Waals surface area contributed by atoms with Gasteiger partial charge in [-0.15, -0.1) is 0 Å². The van der Waals surface area contributed by atoms with Crippen molar-refractivity contribution in [3.8, 4) is 0 Å². The highest BCUT2D eigenvalue weighted by molar-refractivity contribution is 8.54. The van der Waals surface area contributed by atoms with Crippen LogP contribution in [-0.2, 0) is 0 Å². The zero-order valence-electron chi connectivity index (χ0n) is 9.10. The highest BCUT2D eigenvalue weighted by atomic mass is 35.7. The minimum absolute atomic E-state index is 0.0883. The molecule has 1 atom stereocenters. The molecule has 1 heterocycles. The van der Waals surface area contributed by atoms with Gasteiger partial charge in [-0.3, -0.25) is 0 Å². The molecule has 1 saturated carbocycles. The molecule has 3 rings (SSSR count). The molecule has 1 unspecified atom stereocenters. The third kappa shape index (κ3) is 1.60. The molecule has 1 aliphatic carbocycles. The highest BCUT2D eigenvalue weighted by Crippen LogP contribution is 2.82. The van der Waals surface area contributed by atoms with E-state index in [1.165, 1.54) is 12.1 Å². The number of alkyl halides is 3. The number of benzene rings is 1. The molecule has 0 radical (unpaired) electrons. The summed E-state index contributed by atoms with van der Waals surface area (Å²) in [6.07, 6.45) is 2.97. The van der Waals surface area contributed by atoms with Gasteiger partial charge in [0.05, 0.1) is 0 Å². The van der Waals surface area contributed by atoms with Crippen molar-refractivity contribution in [2.75, 3.05) is 0 Å². The second kappa shape index (κ2) is 3.67. The number of fused-ring (bicyclic) bond motifs is 1. The molecule has 1 aliphatic heterocycles. The summed E-state index contributed by atoms with van der Waals surface area (Å²) in [5, 5.41) is 0. The number of rotatable bonds is 1. The SMILES string of the molecule is Fc1ccc2c(c1)S(Cl)(C(F)(F)F)C(C1CC1)=C2. The maximum Gasteiger partial charge on any atom is 0.445 e.